The van der Waals surface area contributed by atoms with Gasteiger partial charge in [-0.3, -0.25) is 24.0 Å². The van der Waals surface area contributed by atoms with E-state index >= 15 is 0 Å². The van der Waals surface area contributed by atoms with Crippen molar-refractivity contribution in [3.8, 4) is 5.75 Å². The summed E-state index contributed by atoms with van der Waals surface area (Å²) in [6, 6.07) is -5.47. The summed E-state index contributed by atoms with van der Waals surface area (Å²) in [4.78, 5) is 101. The molecule has 558 valence electrons. The molecule has 41 heteroatoms. The van der Waals surface area contributed by atoms with E-state index in [1.54, 1.807) is 6.92 Å². The molecule has 1 aromatic rings. The molecule has 6 fully saturated rings. The number of hydrogen-bond acceptors (Lipinski definition) is 35. The molecule has 30 atom stereocenters. The first-order chi connectivity index (χ1) is 46.5. The van der Waals surface area contributed by atoms with Gasteiger partial charge in [-0.25, -0.2) is 14.4 Å². The summed E-state index contributed by atoms with van der Waals surface area (Å²) in [6.45, 7) is 3.07. The number of carbonyl (C=O) groups is 6. The fourth-order valence-corrected chi connectivity index (χ4v) is 11.7. The highest BCUT2D eigenvalue weighted by atomic mass is 16.8. The molecule has 6 saturated heterocycles. The van der Waals surface area contributed by atoms with E-state index in [0.717, 1.165) is 0 Å². The Morgan fingerprint density at radius 3 is 1.13 bits per heavy atom. The van der Waals surface area contributed by atoms with Crippen molar-refractivity contribution in [3.05, 3.63) is 20.4 Å². The molecule has 6 heterocycles. The van der Waals surface area contributed by atoms with Gasteiger partial charge in [-0.05, 0) is 19.8 Å². The molecule has 1 aromatic carbocycles. The molecule has 6 aliphatic rings. The van der Waals surface area contributed by atoms with Crippen LogP contribution in [0.2, 0.25) is 0 Å². The quantitative estimate of drug-likeness (QED) is 0.0229. The third-order valence-corrected chi connectivity index (χ3v) is 17.2. The SMILES string of the molecule is CCOc1c(NCCCCCCO[C@@H]2O[C@H](CO)[C@@H](O)[C@H](O[C@@H]3O[C@H](C(=O)O)[C@@H](O[C@@H]4O[C@H](CO)[C@@H](O)[C@H](O[C@@H]5O[C@H](C(=O)O)[C@@H](O[C@@H]6O[C@H](CO)[C@@H](O)[C@H](O[C@@H]7O[C@H](C(=O)O)[C@@H](O)[C@H](O)[C@H]7O)[C@H]6NC(=O)CC)[C@H](O)[C@H]5O)[C@H]4NC(=O)CC)[C@H](O)[C@H]3O)[C@H]2NC(=O)CC)c(=O)c1=O. The van der Waals surface area contributed by atoms with E-state index in [1.807, 2.05) is 0 Å². The van der Waals surface area contributed by atoms with Crippen molar-refractivity contribution >= 4 is 41.3 Å². The van der Waals surface area contributed by atoms with Gasteiger partial charge in [0.15, 0.2) is 61.8 Å². The van der Waals surface area contributed by atoms with E-state index in [9.17, 15) is 120 Å². The first kappa shape index (κ1) is 79.8. The lowest BCUT2D eigenvalue weighted by Gasteiger charge is -2.50. The number of carboxylic acids is 3. The minimum atomic E-state index is -2.54. The molecule has 0 radical (unpaired) electrons. The second-order valence-electron chi connectivity index (χ2n) is 23.7. The second-order valence-corrected chi connectivity index (χ2v) is 23.7. The zero-order valence-corrected chi connectivity index (χ0v) is 53.2. The summed E-state index contributed by atoms with van der Waals surface area (Å²) < 4.78 is 74.6. The van der Waals surface area contributed by atoms with Crippen LogP contribution in [0.1, 0.15) is 72.6 Å². The van der Waals surface area contributed by atoms with Gasteiger partial charge in [-0.2, -0.15) is 0 Å². The molecule has 6 aliphatic heterocycles. The van der Waals surface area contributed by atoms with Gasteiger partial charge in [-0.15, -0.1) is 0 Å². The summed E-state index contributed by atoms with van der Waals surface area (Å²) in [5, 5.41) is 186. The Kier molecular flexibility index (Phi) is 29.2. The van der Waals surface area contributed by atoms with Crippen LogP contribution < -0.4 is 36.9 Å². The van der Waals surface area contributed by atoms with E-state index in [0.29, 0.717) is 32.2 Å². The van der Waals surface area contributed by atoms with E-state index < -0.39 is 250 Å². The van der Waals surface area contributed by atoms with Crippen molar-refractivity contribution in [1.29, 1.82) is 0 Å². The highest BCUT2D eigenvalue weighted by Crippen LogP contribution is 2.38. The van der Waals surface area contributed by atoms with Crippen LogP contribution in [0.4, 0.5) is 5.69 Å². The molecule has 0 bridgehead atoms. The third kappa shape index (κ3) is 18.0. The summed E-state index contributed by atoms with van der Waals surface area (Å²) in [5.74, 6) is -8.30. The van der Waals surface area contributed by atoms with Gasteiger partial charge in [0, 0.05) is 32.4 Å². The number of nitrogens with one attached hydrogen (secondary N) is 4. The normalized spacial score (nSPS) is 39.8. The van der Waals surface area contributed by atoms with Crippen LogP contribution in [0.5, 0.6) is 5.75 Å². The average Bonchev–Trinajstić information content (AvgIpc) is 0.767. The number of aliphatic carboxylic acids is 3. The van der Waals surface area contributed by atoms with Gasteiger partial charge in [0.25, 0.3) is 10.9 Å². The lowest BCUT2D eigenvalue weighted by molar-refractivity contribution is -0.377. The van der Waals surface area contributed by atoms with Crippen molar-refractivity contribution < 1.29 is 172 Å². The average molecular weight is 1420 g/mol. The van der Waals surface area contributed by atoms with Gasteiger partial charge in [-0.1, -0.05) is 33.6 Å². The largest absolute Gasteiger partial charge is 0.488 e. The number of aliphatic hydroxyl groups excluding tert-OH is 13. The van der Waals surface area contributed by atoms with Gasteiger partial charge >= 0.3 is 17.9 Å². The van der Waals surface area contributed by atoms with Crippen LogP contribution in [0.3, 0.4) is 0 Å². The minimum Gasteiger partial charge on any atom is -0.488 e. The Hall–Kier alpha value is -5.50. The number of carboxylic acid groups (broad SMARTS) is 3. The van der Waals surface area contributed by atoms with E-state index in [1.165, 1.54) is 20.8 Å². The predicted octanol–water partition coefficient (Wildman–Crippen LogP) is -10.5. The molecular formula is C57H88N4O37. The Labute approximate surface area is 555 Å². The number of ether oxygens (including phenoxy) is 13. The maximum absolute atomic E-state index is 13.3. The zero-order chi connectivity index (χ0) is 72.3. The number of anilines is 1. The van der Waals surface area contributed by atoms with Crippen LogP contribution in [0, 0.1) is 0 Å². The standard InChI is InChI=1S/C57H88N4O37/c1-5-21(65)59-25-41(28(68)18(15-62)88-52(25)87-14-12-10-9-11-13-58-24-31(71)33(73)40(24)86-8-4)91-56-38(78)35(75)44(47(97-56)50(82)83)95-54-27(61-23(67)7-3)43(30(70)20(17-64)90-54)93-57-39(79)36(76)45(48(98-57)51(84)85)94-53-26(60-22(66)6-2)42(29(69)19(16-63)89-53)92-55-37(77)32(72)34(74)46(96-55)49(80)81/h18-20,25-30,32,34-39,41-48,52-58,62-64,68-70,72,74-79H,5-17H2,1-4H3,(H,59,65)(H,60,66)(H,61,67)(H,80,81)(H,82,83)(H,84,85)/t18-,19-,20-,25-,26-,27-,28-,29-,30-,32+,34+,35-,36-,37-,38-,39-,41-,42-,43-,44+,45+,46+,47+,48+,52-,53+,54+,55-,56-,57-/m1/s1. The maximum atomic E-state index is 13.3. The van der Waals surface area contributed by atoms with Crippen molar-refractivity contribution in [1.82, 2.24) is 16.0 Å². The predicted molar refractivity (Wildman–Crippen MR) is 313 cm³/mol. The van der Waals surface area contributed by atoms with Gasteiger partial charge in [0.05, 0.1) is 26.4 Å². The molecule has 0 aromatic heterocycles. The van der Waals surface area contributed by atoms with Crippen molar-refractivity contribution in [3.63, 3.8) is 0 Å². The molecule has 0 unspecified atom stereocenters. The molecule has 7 rings (SSSR count). The first-order valence-corrected chi connectivity index (χ1v) is 31.7. The number of aliphatic hydroxyl groups is 13. The molecule has 0 aliphatic carbocycles. The number of rotatable bonds is 33. The van der Waals surface area contributed by atoms with Crippen LogP contribution in [-0.4, -0.2) is 341 Å². The highest BCUT2D eigenvalue weighted by Gasteiger charge is 2.60. The molecule has 98 heavy (non-hydrogen) atoms. The summed E-state index contributed by atoms with van der Waals surface area (Å²) in [5.41, 5.74) is -1.31. The van der Waals surface area contributed by atoms with Gasteiger partial charge < -0.3 is 165 Å². The maximum Gasteiger partial charge on any atom is 0.335 e. The zero-order valence-electron chi connectivity index (χ0n) is 53.2. The molecular weight excluding hydrogens is 1330 g/mol. The van der Waals surface area contributed by atoms with E-state index in [4.69, 9.17) is 61.6 Å². The lowest BCUT2D eigenvalue weighted by Crippen LogP contribution is -2.71. The van der Waals surface area contributed by atoms with Crippen molar-refractivity contribution in [2.45, 2.75) is 257 Å². The smallest absolute Gasteiger partial charge is 0.335 e. The Balaban J connectivity index is 1.08. The van der Waals surface area contributed by atoms with Crippen LogP contribution in [0.25, 0.3) is 0 Å². The molecule has 20 N–H and O–H groups in total. The van der Waals surface area contributed by atoms with Crippen LogP contribution in [0.15, 0.2) is 9.59 Å². The minimum absolute atomic E-state index is 0.0310. The summed E-state index contributed by atoms with van der Waals surface area (Å²) >= 11 is 0. The topological polar surface area (TPSA) is 628 Å². The highest BCUT2D eigenvalue weighted by molar-refractivity contribution is 5.77. The van der Waals surface area contributed by atoms with Gasteiger partial charge in [0.2, 0.25) is 17.7 Å². The molecule has 0 saturated carbocycles. The summed E-state index contributed by atoms with van der Waals surface area (Å²) in [7, 11) is 0. The monoisotopic (exact) mass is 1420 g/mol. The number of unbranched alkanes of at least 4 members (excludes halogenated alkanes) is 3. The number of hydrogen-bond donors (Lipinski definition) is 20. The second kappa shape index (κ2) is 35.9. The number of carbonyl (C=O) groups excluding carboxylic acids is 3. The molecule has 3 amide bonds. The Morgan fingerprint density at radius 1 is 0.398 bits per heavy atom. The Bertz CT molecular complexity index is 2870. The number of amides is 3. The van der Waals surface area contributed by atoms with E-state index in [2.05, 4.69) is 21.3 Å². The third-order valence-electron chi connectivity index (χ3n) is 17.2. The molecule has 41 nitrogen and oxygen atoms in total. The van der Waals surface area contributed by atoms with Crippen LogP contribution in [-0.2, 0) is 85.6 Å². The lowest BCUT2D eigenvalue weighted by atomic mass is 9.93. The van der Waals surface area contributed by atoms with Crippen molar-refractivity contribution in [2.75, 3.05) is 44.9 Å². The van der Waals surface area contributed by atoms with Crippen LogP contribution >= 0.6 is 0 Å². The fourth-order valence-electron chi connectivity index (χ4n) is 11.7. The summed E-state index contributed by atoms with van der Waals surface area (Å²) in [6.07, 6.45) is -57.8. The van der Waals surface area contributed by atoms with Crippen molar-refractivity contribution in [2.24, 2.45) is 0 Å². The Morgan fingerprint density at radius 2 is 0.755 bits per heavy atom. The van der Waals surface area contributed by atoms with E-state index in [-0.39, 0.29) is 43.9 Å². The fraction of sp³-hybridized carbons (Fsp3) is 0.825. The first-order valence-electron chi connectivity index (χ1n) is 31.7. The van der Waals surface area contributed by atoms with Gasteiger partial charge in [0.1, 0.15) is 134 Å². The molecule has 0 spiro atoms.